The molecule has 3 aromatic rings. The summed E-state index contributed by atoms with van der Waals surface area (Å²) in [5.74, 6) is 1.14. The van der Waals surface area contributed by atoms with Gasteiger partial charge in [-0.25, -0.2) is 0 Å². The molecule has 2 aliphatic heterocycles. The molecule has 3 N–H and O–H groups in total. The smallest absolute Gasteiger partial charge is 0.230 e. The molecule has 2 atom stereocenters. The van der Waals surface area contributed by atoms with Crippen LogP contribution >= 0.6 is 0 Å². The fourth-order valence-corrected chi connectivity index (χ4v) is 6.49. The lowest BCUT2D eigenvalue weighted by molar-refractivity contribution is -0.127. The van der Waals surface area contributed by atoms with E-state index in [9.17, 15) is 4.79 Å². The largest absolute Gasteiger partial charge is 0.354 e. The monoisotopic (exact) mass is 486 g/mol. The van der Waals surface area contributed by atoms with E-state index in [0.29, 0.717) is 17.9 Å². The summed E-state index contributed by atoms with van der Waals surface area (Å²) < 4.78 is 0. The van der Waals surface area contributed by atoms with E-state index in [4.69, 9.17) is 0 Å². The van der Waals surface area contributed by atoms with Crippen LogP contribution in [-0.2, 0) is 10.2 Å². The predicted octanol–water partition coefficient (Wildman–Crippen LogP) is 6.37. The van der Waals surface area contributed by atoms with Crippen LogP contribution in [0, 0.1) is 12.8 Å². The van der Waals surface area contributed by atoms with Crippen molar-refractivity contribution in [2.45, 2.75) is 90.0 Å². The highest BCUT2D eigenvalue weighted by Crippen LogP contribution is 2.40. The van der Waals surface area contributed by atoms with E-state index < -0.39 is 5.41 Å². The lowest BCUT2D eigenvalue weighted by atomic mass is 9.76. The van der Waals surface area contributed by atoms with Gasteiger partial charge in [0.1, 0.15) is 0 Å². The van der Waals surface area contributed by atoms with Crippen LogP contribution in [0.15, 0.2) is 36.5 Å². The molecule has 4 heterocycles. The molecule has 2 saturated heterocycles. The van der Waals surface area contributed by atoms with Crippen LogP contribution in [0.4, 0.5) is 0 Å². The van der Waals surface area contributed by atoms with E-state index in [1.165, 1.54) is 29.4 Å². The molecule has 5 rings (SSSR count). The van der Waals surface area contributed by atoms with Crippen LogP contribution in [0.25, 0.3) is 22.2 Å². The summed E-state index contributed by atoms with van der Waals surface area (Å²) in [6.45, 7) is 10.8. The maximum Gasteiger partial charge on any atom is 0.230 e. The number of fused-ring (bicyclic) bond motifs is 1. The summed E-state index contributed by atoms with van der Waals surface area (Å²) >= 11 is 0. The molecular weight excluding hydrogens is 444 g/mol. The Bertz CT molecular complexity index is 1220. The van der Waals surface area contributed by atoms with Gasteiger partial charge in [-0.1, -0.05) is 39.2 Å². The van der Waals surface area contributed by atoms with Crippen LogP contribution in [-0.4, -0.2) is 35.0 Å². The molecule has 5 nitrogen and oxygen atoms in total. The van der Waals surface area contributed by atoms with Gasteiger partial charge in [-0.2, -0.15) is 0 Å². The van der Waals surface area contributed by atoms with E-state index in [1.54, 1.807) is 0 Å². The highest BCUT2D eigenvalue weighted by atomic mass is 16.2. The fraction of sp³-hybridized carbons (Fsp3) is 0.548. The van der Waals surface area contributed by atoms with Crippen molar-refractivity contribution >= 4 is 16.8 Å². The third-order valence-electron chi connectivity index (χ3n) is 8.70. The van der Waals surface area contributed by atoms with Crippen molar-refractivity contribution in [2.24, 2.45) is 5.92 Å². The molecule has 0 saturated carbocycles. The maximum absolute atomic E-state index is 14.0. The van der Waals surface area contributed by atoms with Crippen LogP contribution in [0.1, 0.15) is 88.5 Å². The number of hydrogen-bond acceptors (Lipinski definition) is 3. The van der Waals surface area contributed by atoms with Crippen molar-refractivity contribution in [2.75, 3.05) is 13.1 Å². The van der Waals surface area contributed by atoms with Crippen LogP contribution in [0.2, 0.25) is 0 Å². The topological polar surface area (TPSA) is 69.8 Å². The number of carbonyl (C=O) groups is 1. The Hall–Kier alpha value is -2.66. The Kier molecular flexibility index (Phi) is 7.21. The molecule has 1 aromatic carbocycles. The number of aromatic nitrogens is 2. The summed E-state index contributed by atoms with van der Waals surface area (Å²) in [7, 11) is 0. The minimum absolute atomic E-state index is 0.207. The molecule has 2 aliphatic rings. The second-order valence-corrected chi connectivity index (χ2v) is 11.6. The van der Waals surface area contributed by atoms with Crippen molar-refractivity contribution < 1.29 is 4.79 Å². The number of hydrogen-bond donors (Lipinski definition) is 3. The third kappa shape index (κ3) is 4.82. The molecule has 2 unspecified atom stereocenters. The van der Waals surface area contributed by atoms with E-state index >= 15 is 0 Å². The van der Waals surface area contributed by atoms with E-state index in [0.717, 1.165) is 67.7 Å². The SMILES string of the molecule is Cc1cc(-c2[nH]c3ccc(C4(C)CCCCCC(C5CCNCC5)NC4=O)cc3c2C(C)C)ccn1. The van der Waals surface area contributed by atoms with Gasteiger partial charge in [0.2, 0.25) is 5.91 Å². The van der Waals surface area contributed by atoms with Gasteiger partial charge in [0, 0.05) is 34.4 Å². The van der Waals surface area contributed by atoms with E-state index in [-0.39, 0.29) is 5.91 Å². The minimum atomic E-state index is -0.525. The van der Waals surface area contributed by atoms with Crippen molar-refractivity contribution in [3.05, 3.63) is 53.3 Å². The number of amides is 1. The molecule has 1 amide bonds. The number of aryl methyl sites for hydroxylation is 1. The number of aromatic amines is 1. The Morgan fingerprint density at radius 1 is 1.03 bits per heavy atom. The Morgan fingerprint density at radius 3 is 2.58 bits per heavy atom. The van der Waals surface area contributed by atoms with E-state index in [2.05, 4.69) is 71.7 Å². The van der Waals surface area contributed by atoms with Gasteiger partial charge in [-0.05, 0) is 99.8 Å². The number of H-pyrrole nitrogens is 1. The molecule has 5 heteroatoms. The molecule has 36 heavy (non-hydrogen) atoms. The van der Waals surface area contributed by atoms with Crippen LogP contribution < -0.4 is 10.6 Å². The Balaban J connectivity index is 1.54. The summed E-state index contributed by atoms with van der Waals surface area (Å²) in [6, 6.07) is 11.2. The number of nitrogens with one attached hydrogen (secondary N) is 3. The molecule has 0 radical (unpaired) electrons. The number of rotatable bonds is 4. The second-order valence-electron chi connectivity index (χ2n) is 11.6. The highest BCUT2D eigenvalue weighted by molar-refractivity contribution is 5.94. The first-order valence-electron chi connectivity index (χ1n) is 14.0. The zero-order chi connectivity index (χ0) is 25.3. The van der Waals surface area contributed by atoms with Crippen molar-refractivity contribution in [1.29, 1.82) is 0 Å². The molecule has 0 aliphatic carbocycles. The van der Waals surface area contributed by atoms with Gasteiger partial charge in [0.15, 0.2) is 0 Å². The lowest BCUT2D eigenvalue weighted by Crippen LogP contribution is -2.50. The quantitative estimate of drug-likeness (QED) is 0.401. The first kappa shape index (κ1) is 25.0. The number of piperidine rings is 1. The maximum atomic E-state index is 14.0. The predicted molar refractivity (Wildman–Crippen MR) is 148 cm³/mol. The van der Waals surface area contributed by atoms with Crippen LogP contribution in [0.5, 0.6) is 0 Å². The molecule has 0 spiro atoms. The summed E-state index contributed by atoms with van der Waals surface area (Å²) in [5.41, 5.74) is 6.40. The molecule has 192 valence electrons. The number of benzene rings is 1. The summed E-state index contributed by atoms with van der Waals surface area (Å²) in [5, 5.41) is 8.27. The Labute approximate surface area is 215 Å². The van der Waals surface area contributed by atoms with Crippen molar-refractivity contribution in [1.82, 2.24) is 20.6 Å². The molecule has 2 aromatic heterocycles. The normalized spacial score (nSPS) is 24.4. The average Bonchev–Trinajstić information content (AvgIpc) is 3.29. The molecular formula is C31H42N4O. The zero-order valence-electron chi connectivity index (χ0n) is 22.4. The summed E-state index contributed by atoms with van der Waals surface area (Å²) in [6.07, 6.45) is 9.68. The number of pyridine rings is 1. The van der Waals surface area contributed by atoms with Crippen molar-refractivity contribution in [3.63, 3.8) is 0 Å². The van der Waals surface area contributed by atoms with Gasteiger partial charge in [0.25, 0.3) is 0 Å². The van der Waals surface area contributed by atoms with Crippen LogP contribution in [0.3, 0.4) is 0 Å². The van der Waals surface area contributed by atoms with Gasteiger partial charge in [-0.15, -0.1) is 0 Å². The third-order valence-corrected chi connectivity index (χ3v) is 8.70. The highest BCUT2D eigenvalue weighted by Gasteiger charge is 2.38. The first-order valence-corrected chi connectivity index (χ1v) is 14.0. The van der Waals surface area contributed by atoms with E-state index in [1.807, 2.05) is 13.1 Å². The molecule has 0 bridgehead atoms. The lowest BCUT2D eigenvalue weighted by Gasteiger charge is -2.35. The standard InChI is InChI=1S/C31H42N4O/c1-20(2)28-25-19-24(9-10-27(25)34-29(28)23-13-17-33-21(3)18-23)31(4)14-7-5-6-8-26(35-30(31)36)22-11-15-32-16-12-22/h9-10,13,17-20,22,26,32,34H,5-8,11-12,14-16H2,1-4H3,(H,35,36). The fourth-order valence-electron chi connectivity index (χ4n) is 6.49. The first-order chi connectivity index (χ1) is 17.4. The van der Waals surface area contributed by atoms with Gasteiger partial charge in [0.05, 0.1) is 11.1 Å². The van der Waals surface area contributed by atoms with Gasteiger partial charge >= 0.3 is 0 Å². The minimum Gasteiger partial charge on any atom is -0.354 e. The van der Waals surface area contributed by atoms with Gasteiger partial charge in [-0.3, -0.25) is 9.78 Å². The zero-order valence-corrected chi connectivity index (χ0v) is 22.4. The molecule has 2 fully saturated rings. The number of carbonyl (C=O) groups excluding carboxylic acids is 1. The van der Waals surface area contributed by atoms with Gasteiger partial charge < -0.3 is 15.6 Å². The summed E-state index contributed by atoms with van der Waals surface area (Å²) in [4.78, 5) is 22.1. The second kappa shape index (κ2) is 10.4. The van der Waals surface area contributed by atoms with Crippen molar-refractivity contribution in [3.8, 4) is 11.3 Å². The Morgan fingerprint density at radius 2 is 1.83 bits per heavy atom. The number of nitrogens with zero attached hydrogens (tertiary/aromatic N) is 1. The average molecular weight is 487 g/mol.